The number of amides is 2. The number of piperazine rings is 1. The minimum Gasteiger partial charge on any atom is -0.465 e. The van der Waals surface area contributed by atoms with Crippen molar-refractivity contribution >= 4 is 58.3 Å². The molecular weight excluding hydrogens is 541 g/mol. The molecule has 202 valence electrons. The number of anilines is 2. The molecule has 0 aliphatic carbocycles. The SMILES string of the molecule is Cc1ccnc(C(C)C)c1Nc1nc(Cl)c(Cl)c(Cl)c1C(=O)N1CCN(C(=O)O)C(C(C)(C)C)C1CO. The lowest BCUT2D eigenvalue weighted by atomic mass is 9.79. The van der Waals surface area contributed by atoms with Crippen LogP contribution in [0, 0.1) is 12.3 Å². The summed E-state index contributed by atoms with van der Waals surface area (Å²) in [6, 6.07) is 0.323. The highest BCUT2D eigenvalue weighted by Crippen LogP contribution is 2.40. The average molecular weight is 573 g/mol. The molecule has 1 saturated heterocycles. The Labute approximate surface area is 231 Å². The molecule has 37 heavy (non-hydrogen) atoms. The number of aliphatic hydroxyl groups excluding tert-OH is 1. The lowest BCUT2D eigenvalue weighted by Gasteiger charge is -2.51. The minimum absolute atomic E-state index is 0.0242. The molecule has 0 spiro atoms. The van der Waals surface area contributed by atoms with E-state index in [4.69, 9.17) is 34.8 Å². The molecule has 3 heterocycles. The van der Waals surface area contributed by atoms with Crippen molar-refractivity contribution in [1.29, 1.82) is 0 Å². The molecule has 1 aliphatic rings. The molecule has 0 aromatic carbocycles. The van der Waals surface area contributed by atoms with Crippen molar-refractivity contribution in [2.75, 3.05) is 25.0 Å². The molecule has 0 radical (unpaired) electrons. The fourth-order valence-corrected chi connectivity index (χ4v) is 5.47. The molecule has 2 amide bonds. The third kappa shape index (κ3) is 5.74. The predicted octanol–water partition coefficient (Wildman–Crippen LogP) is 5.82. The van der Waals surface area contributed by atoms with E-state index in [9.17, 15) is 19.8 Å². The van der Waals surface area contributed by atoms with Crippen LogP contribution in [0.3, 0.4) is 0 Å². The molecule has 9 nitrogen and oxygen atoms in total. The number of nitrogens with zero attached hydrogens (tertiary/aromatic N) is 4. The highest BCUT2D eigenvalue weighted by molar-refractivity contribution is 6.49. The zero-order valence-electron chi connectivity index (χ0n) is 21.6. The number of nitrogens with one attached hydrogen (secondary N) is 1. The summed E-state index contributed by atoms with van der Waals surface area (Å²) in [4.78, 5) is 37.6. The largest absolute Gasteiger partial charge is 0.465 e. The Hall–Kier alpha value is -2.33. The Morgan fingerprint density at radius 3 is 2.32 bits per heavy atom. The summed E-state index contributed by atoms with van der Waals surface area (Å²) in [5.74, 6) is -0.396. The van der Waals surface area contributed by atoms with Crippen molar-refractivity contribution in [3.8, 4) is 0 Å². The van der Waals surface area contributed by atoms with E-state index in [0.29, 0.717) is 5.69 Å². The van der Waals surface area contributed by atoms with Crippen molar-refractivity contribution in [2.24, 2.45) is 5.41 Å². The van der Waals surface area contributed by atoms with Gasteiger partial charge in [0, 0.05) is 19.3 Å². The number of carboxylic acid groups (broad SMARTS) is 1. The number of rotatable bonds is 5. The minimum atomic E-state index is -1.12. The summed E-state index contributed by atoms with van der Waals surface area (Å²) in [6.45, 7) is 11.1. The first-order valence-electron chi connectivity index (χ1n) is 11.9. The third-order valence-electron chi connectivity index (χ3n) is 6.50. The van der Waals surface area contributed by atoms with E-state index >= 15 is 0 Å². The van der Waals surface area contributed by atoms with Gasteiger partial charge in [-0.2, -0.15) is 0 Å². The summed E-state index contributed by atoms with van der Waals surface area (Å²) in [5, 5.41) is 23.1. The molecule has 3 rings (SSSR count). The molecule has 3 N–H and O–H groups in total. The van der Waals surface area contributed by atoms with Crippen LogP contribution in [0.4, 0.5) is 16.3 Å². The summed E-state index contributed by atoms with van der Waals surface area (Å²) in [6.07, 6.45) is 0.590. The number of aryl methyl sites for hydroxylation is 1. The molecule has 12 heteroatoms. The van der Waals surface area contributed by atoms with Crippen molar-refractivity contribution < 1.29 is 19.8 Å². The van der Waals surface area contributed by atoms with E-state index in [1.54, 1.807) is 6.20 Å². The van der Waals surface area contributed by atoms with Gasteiger partial charge in [0.05, 0.1) is 40.1 Å². The van der Waals surface area contributed by atoms with Crippen LogP contribution in [0.5, 0.6) is 0 Å². The van der Waals surface area contributed by atoms with Crippen LogP contribution in [-0.4, -0.2) is 73.8 Å². The van der Waals surface area contributed by atoms with Crippen molar-refractivity contribution in [3.05, 3.63) is 44.3 Å². The van der Waals surface area contributed by atoms with E-state index in [-0.39, 0.29) is 45.6 Å². The smallest absolute Gasteiger partial charge is 0.407 e. The van der Waals surface area contributed by atoms with Gasteiger partial charge in [-0.05, 0) is 29.9 Å². The Bertz CT molecular complexity index is 1200. The van der Waals surface area contributed by atoms with Crippen molar-refractivity contribution in [1.82, 2.24) is 19.8 Å². The van der Waals surface area contributed by atoms with Gasteiger partial charge in [0.15, 0.2) is 5.15 Å². The maximum absolute atomic E-state index is 14.1. The molecule has 1 fully saturated rings. The van der Waals surface area contributed by atoms with Crippen LogP contribution < -0.4 is 5.32 Å². The molecule has 0 saturated carbocycles. The number of carbonyl (C=O) groups is 2. The van der Waals surface area contributed by atoms with Crippen LogP contribution in [0.25, 0.3) is 0 Å². The van der Waals surface area contributed by atoms with Gasteiger partial charge in [0.1, 0.15) is 11.4 Å². The van der Waals surface area contributed by atoms with Gasteiger partial charge < -0.3 is 25.3 Å². The first kappa shape index (κ1) is 29.2. The maximum atomic E-state index is 14.1. The number of carbonyl (C=O) groups excluding carboxylic acids is 1. The van der Waals surface area contributed by atoms with Crippen LogP contribution in [0.1, 0.15) is 62.2 Å². The van der Waals surface area contributed by atoms with Gasteiger partial charge in [0.2, 0.25) is 0 Å². The second-order valence-corrected chi connectivity index (χ2v) is 11.6. The van der Waals surface area contributed by atoms with E-state index in [1.807, 2.05) is 47.6 Å². The number of pyridine rings is 2. The zero-order chi connectivity index (χ0) is 27.8. The number of hydrogen-bond donors (Lipinski definition) is 3. The standard InChI is InChI=1S/C25H32Cl3N5O4/c1-12(2)18-19(13(3)7-8-29-18)30-22-15(16(26)17(27)21(28)31-22)23(35)32-9-10-33(24(36)37)20(14(32)11-34)25(4,5)6/h7-8,12,14,20,34H,9-11H2,1-6H3,(H,30,31)(H,36,37). The van der Waals surface area contributed by atoms with Gasteiger partial charge in [-0.25, -0.2) is 9.78 Å². The second-order valence-electron chi connectivity index (χ2n) is 10.5. The van der Waals surface area contributed by atoms with E-state index < -0.39 is 36.1 Å². The number of halogens is 3. The average Bonchev–Trinajstić information content (AvgIpc) is 2.81. The topological polar surface area (TPSA) is 119 Å². The van der Waals surface area contributed by atoms with E-state index in [2.05, 4.69) is 15.3 Å². The maximum Gasteiger partial charge on any atom is 0.407 e. The number of hydrogen-bond acceptors (Lipinski definition) is 6. The molecule has 2 atom stereocenters. The fourth-order valence-electron chi connectivity index (χ4n) is 4.84. The van der Waals surface area contributed by atoms with Crippen molar-refractivity contribution in [3.63, 3.8) is 0 Å². The second kappa shape index (κ2) is 11.2. The monoisotopic (exact) mass is 571 g/mol. The van der Waals surface area contributed by atoms with Gasteiger partial charge in [-0.15, -0.1) is 0 Å². The first-order valence-corrected chi connectivity index (χ1v) is 13.0. The normalized spacial score (nSPS) is 18.4. The Balaban J connectivity index is 2.15. The molecule has 2 aromatic heterocycles. The van der Waals surface area contributed by atoms with Gasteiger partial charge in [-0.1, -0.05) is 69.4 Å². The van der Waals surface area contributed by atoms with Gasteiger partial charge in [-0.3, -0.25) is 9.78 Å². The summed E-state index contributed by atoms with van der Waals surface area (Å²) >= 11 is 19.2. The highest BCUT2D eigenvalue weighted by Gasteiger charge is 2.47. The number of aromatic nitrogens is 2. The molecule has 0 bridgehead atoms. The number of aliphatic hydroxyl groups is 1. The quantitative estimate of drug-likeness (QED) is 0.386. The third-order valence-corrected chi connectivity index (χ3v) is 7.71. The molecule has 2 aromatic rings. The molecule has 1 aliphatic heterocycles. The van der Waals surface area contributed by atoms with E-state index in [0.717, 1.165) is 11.3 Å². The first-order chi connectivity index (χ1) is 17.2. The lowest BCUT2D eigenvalue weighted by Crippen LogP contribution is -2.67. The summed E-state index contributed by atoms with van der Waals surface area (Å²) in [5.41, 5.74) is 1.69. The van der Waals surface area contributed by atoms with Crippen LogP contribution >= 0.6 is 34.8 Å². The van der Waals surface area contributed by atoms with Crippen molar-refractivity contribution in [2.45, 2.75) is 59.5 Å². The van der Waals surface area contributed by atoms with Crippen LogP contribution in [0.2, 0.25) is 15.2 Å². The van der Waals surface area contributed by atoms with Crippen LogP contribution in [0.15, 0.2) is 12.3 Å². The van der Waals surface area contributed by atoms with Gasteiger partial charge in [0.25, 0.3) is 5.91 Å². The van der Waals surface area contributed by atoms with Crippen LogP contribution in [-0.2, 0) is 0 Å². The van der Waals surface area contributed by atoms with E-state index in [1.165, 1.54) is 9.80 Å². The zero-order valence-corrected chi connectivity index (χ0v) is 23.9. The summed E-state index contributed by atoms with van der Waals surface area (Å²) in [7, 11) is 0. The summed E-state index contributed by atoms with van der Waals surface area (Å²) < 4.78 is 0. The predicted molar refractivity (Wildman–Crippen MR) is 145 cm³/mol. The lowest BCUT2D eigenvalue weighted by molar-refractivity contribution is -0.0311. The molecular formula is C25H32Cl3N5O4. The molecule has 2 unspecified atom stereocenters. The Kier molecular flexibility index (Phi) is 8.84. The fraction of sp³-hybridized carbons (Fsp3) is 0.520. The Morgan fingerprint density at radius 2 is 1.78 bits per heavy atom. The van der Waals surface area contributed by atoms with Gasteiger partial charge >= 0.3 is 6.09 Å². The Morgan fingerprint density at radius 1 is 1.16 bits per heavy atom. The highest BCUT2D eigenvalue weighted by atomic mass is 35.5.